The van der Waals surface area contributed by atoms with Crippen LogP contribution in [0.4, 0.5) is 5.69 Å². The Morgan fingerprint density at radius 1 is 1.62 bits per heavy atom. The van der Waals surface area contributed by atoms with Crippen molar-refractivity contribution in [2.24, 2.45) is 0 Å². The van der Waals surface area contributed by atoms with Crippen LogP contribution >= 0.6 is 11.6 Å². The van der Waals surface area contributed by atoms with Gasteiger partial charge in [-0.2, -0.15) is 0 Å². The zero-order chi connectivity index (χ0) is 12.1. The first kappa shape index (κ1) is 12.7. The minimum atomic E-state index is -0.376. The Bertz CT molecular complexity index is 418. The van der Waals surface area contributed by atoms with Crippen molar-refractivity contribution >= 4 is 17.3 Å². The summed E-state index contributed by atoms with van der Waals surface area (Å²) in [5.41, 5.74) is 1.72. The van der Waals surface area contributed by atoms with Gasteiger partial charge in [0.05, 0.1) is 4.92 Å². The zero-order valence-corrected chi connectivity index (χ0v) is 9.75. The van der Waals surface area contributed by atoms with E-state index in [9.17, 15) is 10.1 Å². The van der Waals surface area contributed by atoms with Crippen LogP contribution in [0.25, 0.3) is 0 Å². The van der Waals surface area contributed by atoms with Crippen LogP contribution in [0.15, 0.2) is 29.8 Å². The maximum absolute atomic E-state index is 10.7. The molecule has 5 heteroatoms. The van der Waals surface area contributed by atoms with E-state index in [1.54, 1.807) is 13.0 Å². The summed E-state index contributed by atoms with van der Waals surface area (Å²) in [5.74, 6) is 0. The molecule has 0 aromatic heterocycles. The van der Waals surface area contributed by atoms with E-state index in [-0.39, 0.29) is 10.6 Å². The molecule has 1 N–H and O–H groups in total. The van der Waals surface area contributed by atoms with Crippen molar-refractivity contribution in [3.63, 3.8) is 0 Å². The fourth-order valence-corrected chi connectivity index (χ4v) is 1.49. The summed E-state index contributed by atoms with van der Waals surface area (Å²) in [7, 11) is 0. The van der Waals surface area contributed by atoms with Crippen LogP contribution in [-0.4, -0.2) is 11.5 Å². The molecule has 0 amide bonds. The van der Waals surface area contributed by atoms with E-state index in [0.29, 0.717) is 23.7 Å². The summed E-state index contributed by atoms with van der Waals surface area (Å²) in [6.45, 7) is 6.32. The molecule has 0 atom stereocenters. The van der Waals surface area contributed by atoms with Crippen molar-refractivity contribution < 1.29 is 4.92 Å². The summed E-state index contributed by atoms with van der Waals surface area (Å²) in [6, 6.07) is 5.03. The third-order valence-corrected chi connectivity index (χ3v) is 2.38. The minimum Gasteiger partial charge on any atom is -0.308 e. The van der Waals surface area contributed by atoms with Gasteiger partial charge in [-0.25, -0.2) is 0 Å². The van der Waals surface area contributed by atoms with Crippen LogP contribution in [0, 0.1) is 17.0 Å². The highest BCUT2D eigenvalue weighted by atomic mass is 35.5. The summed E-state index contributed by atoms with van der Waals surface area (Å²) in [6.07, 6.45) is 0. The Morgan fingerprint density at radius 3 is 2.88 bits per heavy atom. The molecule has 0 fully saturated rings. The highest BCUT2D eigenvalue weighted by molar-refractivity contribution is 6.29. The molecule has 0 saturated carbocycles. The van der Waals surface area contributed by atoms with Crippen molar-refractivity contribution in [1.82, 2.24) is 5.32 Å². The number of nitro benzene ring substituents is 1. The molecule has 0 unspecified atom stereocenters. The fourth-order valence-electron chi connectivity index (χ4n) is 1.39. The SMILES string of the molecule is C=C(Cl)CNCc1cccc([N+](=O)[O-])c1C. The summed E-state index contributed by atoms with van der Waals surface area (Å²) >= 11 is 5.60. The summed E-state index contributed by atoms with van der Waals surface area (Å²) in [5, 5.41) is 14.3. The molecule has 0 heterocycles. The van der Waals surface area contributed by atoms with Gasteiger partial charge in [0.25, 0.3) is 5.69 Å². The van der Waals surface area contributed by atoms with Crippen molar-refractivity contribution in [2.75, 3.05) is 6.54 Å². The van der Waals surface area contributed by atoms with Crippen molar-refractivity contribution in [3.8, 4) is 0 Å². The number of hydrogen-bond donors (Lipinski definition) is 1. The maximum atomic E-state index is 10.7. The normalized spacial score (nSPS) is 10.1. The average Bonchev–Trinajstić information content (AvgIpc) is 2.19. The number of nitro groups is 1. The third-order valence-electron chi connectivity index (χ3n) is 2.25. The Kier molecular flexibility index (Phi) is 4.46. The first-order chi connectivity index (χ1) is 7.52. The molecule has 0 spiro atoms. The first-order valence-corrected chi connectivity index (χ1v) is 5.17. The number of nitrogens with zero attached hydrogens (tertiary/aromatic N) is 1. The van der Waals surface area contributed by atoms with E-state index >= 15 is 0 Å². The second-order valence-electron chi connectivity index (χ2n) is 3.44. The van der Waals surface area contributed by atoms with E-state index in [1.165, 1.54) is 6.07 Å². The van der Waals surface area contributed by atoms with Gasteiger partial charge in [-0.1, -0.05) is 30.3 Å². The molecule has 0 aliphatic heterocycles. The molecular formula is C11H13ClN2O2. The second-order valence-corrected chi connectivity index (χ2v) is 3.97. The molecule has 1 rings (SSSR count). The molecule has 4 nitrogen and oxygen atoms in total. The lowest BCUT2D eigenvalue weighted by molar-refractivity contribution is -0.385. The molecule has 0 aliphatic rings. The number of halogens is 1. The number of hydrogen-bond acceptors (Lipinski definition) is 3. The molecule has 0 bridgehead atoms. The van der Waals surface area contributed by atoms with Gasteiger partial charge < -0.3 is 5.32 Å². The van der Waals surface area contributed by atoms with Crippen LogP contribution < -0.4 is 5.32 Å². The predicted molar refractivity (Wildman–Crippen MR) is 64.5 cm³/mol. The molecular weight excluding hydrogens is 228 g/mol. The van der Waals surface area contributed by atoms with Crippen molar-refractivity contribution in [3.05, 3.63) is 51.1 Å². The van der Waals surface area contributed by atoms with Crippen LogP contribution in [0.1, 0.15) is 11.1 Å². The van der Waals surface area contributed by atoms with E-state index in [0.717, 1.165) is 5.56 Å². The summed E-state index contributed by atoms with van der Waals surface area (Å²) in [4.78, 5) is 10.3. The lowest BCUT2D eigenvalue weighted by atomic mass is 10.1. The predicted octanol–water partition coefficient (Wildman–Crippen LogP) is 2.75. The Balaban J connectivity index is 2.77. The number of benzene rings is 1. The topological polar surface area (TPSA) is 55.2 Å². The van der Waals surface area contributed by atoms with E-state index < -0.39 is 0 Å². The van der Waals surface area contributed by atoms with Gasteiger partial charge in [0.15, 0.2) is 0 Å². The monoisotopic (exact) mass is 240 g/mol. The van der Waals surface area contributed by atoms with Gasteiger partial charge in [-0.05, 0) is 12.5 Å². The lowest BCUT2D eigenvalue weighted by Crippen LogP contribution is -2.15. The van der Waals surface area contributed by atoms with Gasteiger partial charge in [0, 0.05) is 29.8 Å². The standard InChI is InChI=1S/C11H13ClN2O2/c1-8(12)6-13-7-10-4-3-5-11(9(10)2)14(15)16/h3-5,13H,1,6-7H2,2H3. The smallest absolute Gasteiger partial charge is 0.272 e. The Hall–Kier alpha value is -1.39. The largest absolute Gasteiger partial charge is 0.308 e. The van der Waals surface area contributed by atoms with E-state index in [2.05, 4.69) is 11.9 Å². The van der Waals surface area contributed by atoms with Crippen LogP contribution in [-0.2, 0) is 6.54 Å². The Morgan fingerprint density at radius 2 is 2.31 bits per heavy atom. The third kappa shape index (κ3) is 3.32. The van der Waals surface area contributed by atoms with Crippen molar-refractivity contribution in [2.45, 2.75) is 13.5 Å². The van der Waals surface area contributed by atoms with E-state index in [4.69, 9.17) is 11.6 Å². The van der Waals surface area contributed by atoms with Gasteiger partial charge in [0.2, 0.25) is 0 Å². The minimum absolute atomic E-state index is 0.143. The maximum Gasteiger partial charge on any atom is 0.272 e. The van der Waals surface area contributed by atoms with Crippen molar-refractivity contribution in [1.29, 1.82) is 0 Å². The molecule has 1 aromatic rings. The molecule has 0 aliphatic carbocycles. The number of nitrogens with one attached hydrogen (secondary N) is 1. The molecule has 86 valence electrons. The van der Waals surface area contributed by atoms with Crippen LogP contribution in [0.5, 0.6) is 0 Å². The lowest BCUT2D eigenvalue weighted by Gasteiger charge is -2.07. The van der Waals surface area contributed by atoms with Gasteiger partial charge >= 0.3 is 0 Å². The van der Waals surface area contributed by atoms with Crippen LogP contribution in [0.3, 0.4) is 0 Å². The summed E-state index contributed by atoms with van der Waals surface area (Å²) < 4.78 is 0. The highest BCUT2D eigenvalue weighted by Gasteiger charge is 2.12. The zero-order valence-electron chi connectivity index (χ0n) is 9.00. The van der Waals surface area contributed by atoms with E-state index in [1.807, 2.05) is 6.07 Å². The van der Waals surface area contributed by atoms with Gasteiger partial charge in [-0.3, -0.25) is 10.1 Å². The first-order valence-electron chi connectivity index (χ1n) is 4.79. The quantitative estimate of drug-likeness (QED) is 0.636. The van der Waals surface area contributed by atoms with Crippen LogP contribution in [0.2, 0.25) is 0 Å². The fraction of sp³-hybridized carbons (Fsp3) is 0.273. The molecule has 1 aromatic carbocycles. The Labute approximate surface area is 99.1 Å². The molecule has 16 heavy (non-hydrogen) atoms. The molecule has 0 radical (unpaired) electrons. The average molecular weight is 241 g/mol. The van der Waals surface area contributed by atoms with Gasteiger partial charge in [-0.15, -0.1) is 0 Å². The highest BCUT2D eigenvalue weighted by Crippen LogP contribution is 2.20. The van der Waals surface area contributed by atoms with Gasteiger partial charge in [0.1, 0.15) is 0 Å². The number of rotatable bonds is 5. The second kappa shape index (κ2) is 5.63. The molecule has 0 saturated heterocycles.